The Bertz CT molecular complexity index is 437. The maximum atomic E-state index is 11.9. The van der Waals surface area contributed by atoms with Crippen molar-refractivity contribution in [3.63, 3.8) is 0 Å². The summed E-state index contributed by atoms with van der Waals surface area (Å²) in [5.41, 5.74) is 0. The fourth-order valence-electron chi connectivity index (χ4n) is 3.19. The zero-order valence-electron chi connectivity index (χ0n) is 7.80. The Morgan fingerprint density at radius 1 is 1.57 bits per heavy atom. The molecule has 3 aliphatic heterocycles. The van der Waals surface area contributed by atoms with Gasteiger partial charge in [0.05, 0.1) is 24.0 Å². The first-order valence-corrected chi connectivity index (χ1v) is 6.46. The van der Waals surface area contributed by atoms with Crippen LogP contribution in [0.5, 0.6) is 0 Å². The average molecular weight is 213 g/mol. The SMILES string of the molecule is CC1C2CC3(C#N)C(O2)C1CS3(=O)=O. The number of sulfone groups is 1. The van der Waals surface area contributed by atoms with Gasteiger partial charge in [-0.2, -0.15) is 5.26 Å². The minimum Gasteiger partial charge on any atom is -0.372 e. The molecular formula is C9H11NO3S. The molecule has 0 aliphatic carbocycles. The van der Waals surface area contributed by atoms with Crippen molar-refractivity contribution in [3.8, 4) is 6.07 Å². The van der Waals surface area contributed by atoms with Gasteiger partial charge in [-0.15, -0.1) is 0 Å². The lowest BCUT2D eigenvalue weighted by Crippen LogP contribution is -2.42. The first kappa shape index (κ1) is 8.69. The third-order valence-corrected chi connectivity index (χ3v) is 6.52. The Labute approximate surface area is 82.8 Å². The highest BCUT2D eigenvalue weighted by Gasteiger charge is 2.72. The van der Waals surface area contributed by atoms with Crippen molar-refractivity contribution in [1.82, 2.24) is 0 Å². The van der Waals surface area contributed by atoms with E-state index < -0.39 is 14.6 Å². The van der Waals surface area contributed by atoms with E-state index in [2.05, 4.69) is 0 Å². The van der Waals surface area contributed by atoms with Crippen molar-refractivity contribution in [2.24, 2.45) is 11.8 Å². The zero-order valence-corrected chi connectivity index (χ0v) is 8.62. The Kier molecular flexibility index (Phi) is 1.33. The molecule has 3 saturated heterocycles. The lowest BCUT2D eigenvalue weighted by molar-refractivity contribution is 0.0887. The molecule has 3 rings (SSSR count). The van der Waals surface area contributed by atoms with E-state index in [0.29, 0.717) is 12.3 Å². The van der Waals surface area contributed by atoms with Crippen LogP contribution in [-0.4, -0.2) is 31.1 Å². The molecule has 3 aliphatic rings. The molecule has 0 amide bonds. The summed E-state index contributed by atoms with van der Waals surface area (Å²) in [4.78, 5) is 0. The summed E-state index contributed by atoms with van der Waals surface area (Å²) < 4.78 is 28.2. The first-order valence-electron chi connectivity index (χ1n) is 4.81. The number of fused-ring (bicyclic) bond motifs is 1. The molecule has 4 nitrogen and oxygen atoms in total. The van der Waals surface area contributed by atoms with Crippen LogP contribution in [0.15, 0.2) is 0 Å². The number of hydrogen-bond acceptors (Lipinski definition) is 4. The van der Waals surface area contributed by atoms with Crippen LogP contribution in [0.3, 0.4) is 0 Å². The van der Waals surface area contributed by atoms with E-state index in [1.165, 1.54) is 0 Å². The summed E-state index contributed by atoms with van der Waals surface area (Å²) in [7, 11) is -3.26. The first-order chi connectivity index (χ1) is 6.52. The Morgan fingerprint density at radius 3 is 2.86 bits per heavy atom. The number of rotatable bonds is 0. The molecule has 0 aromatic carbocycles. The van der Waals surface area contributed by atoms with Crippen LogP contribution in [0.4, 0.5) is 0 Å². The predicted molar refractivity (Wildman–Crippen MR) is 48.1 cm³/mol. The molecule has 0 aromatic rings. The second kappa shape index (κ2) is 2.15. The molecule has 3 heterocycles. The molecule has 5 heteroatoms. The van der Waals surface area contributed by atoms with Gasteiger partial charge in [-0.05, 0) is 5.92 Å². The van der Waals surface area contributed by atoms with Crippen LogP contribution < -0.4 is 0 Å². The molecule has 0 N–H and O–H groups in total. The molecule has 5 atom stereocenters. The van der Waals surface area contributed by atoms with Crippen molar-refractivity contribution in [2.45, 2.75) is 30.3 Å². The molecule has 0 saturated carbocycles. The third-order valence-electron chi connectivity index (χ3n) is 4.09. The van der Waals surface area contributed by atoms with Gasteiger partial charge in [0, 0.05) is 12.3 Å². The molecule has 0 aromatic heterocycles. The lowest BCUT2D eigenvalue weighted by atomic mass is 9.76. The zero-order chi connectivity index (χ0) is 10.1. The minimum atomic E-state index is -3.26. The topological polar surface area (TPSA) is 67.2 Å². The standard InChI is InChI=1S/C9H11NO3S/c1-5-6-3-14(11,12)9(4-10)2-7(5)13-8(6)9/h5-8H,2-3H2,1H3. The Hall–Kier alpha value is -0.600. The van der Waals surface area contributed by atoms with Gasteiger partial charge in [0.2, 0.25) is 0 Å². The highest BCUT2D eigenvalue weighted by Crippen LogP contribution is 2.57. The summed E-state index contributed by atoms with van der Waals surface area (Å²) in [6.07, 6.45) is 0.0215. The van der Waals surface area contributed by atoms with E-state index in [9.17, 15) is 8.42 Å². The molecule has 3 fully saturated rings. The summed E-state index contributed by atoms with van der Waals surface area (Å²) in [6.45, 7) is 2.03. The highest BCUT2D eigenvalue weighted by atomic mass is 32.2. The van der Waals surface area contributed by atoms with Gasteiger partial charge in [0.1, 0.15) is 0 Å². The quantitative estimate of drug-likeness (QED) is 0.572. The van der Waals surface area contributed by atoms with Crippen molar-refractivity contribution >= 4 is 9.84 Å². The van der Waals surface area contributed by atoms with Gasteiger partial charge < -0.3 is 4.74 Å². The van der Waals surface area contributed by atoms with Crippen molar-refractivity contribution in [3.05, 3.63) is 0 Å². The van der Waals surface area contributed by atoms with E-state index in [-0.39, 0.29) is 23.9 Å². The van der Waals surface area contributed by atoms with Gasteiger partial charge in [-0.1, -0.05) is 6.92 Å². The van der Waals surface area contributed by atoms with Crippen molar-refractivity contribution in [2.75, 3.05) is 5.75 Å². The third kappa shape index (κ3) is 0.655. The van der Waals surface area contributed by atoms with Crippen LogP contribution in [0.25, 0.3) is 0 Å². The van der Waals surface area contributed by atoms with Crippen molar-refractivity contribution in [1.29, 1.82) is 5.26 Å². The summed E-state index contributed by atoms with van der Waals surface area (Å²) in [6, 6.07) is 2.00. The highest BCUT2D eigenvalue weighted by molar-refractivity contribution is 7.93. The molecule has 2 bridgehead atoms. The number of nitrogens with zero attached hydrogens (tertiary/aromatic N) is 1. The largest absolute Gasteiger partial charge is 0.372 e. The molecule has 0 radical (unpaired) electrons. The smallest absolute Gasteiger partial charge is 0.187 e. The summed E-state index contributed by atoms with van der Waals surface area (Å²) in [5.74, 6) is 0.486. The lowest BCUT2D eigenvalue weighted by Gasteiger charge is -2.24. The second-order valence-corrected chi connectivity index (χ2v) is 6.90. The summed E-state index contributed by atoms with van der Waals surface area (Å²) in [5, 5.41) is 9.08. The molecule has 76 valence electrons. The van der Waals surface area contributed by atoms with E-state index in [1.54, 1.807) is 0 Å². The predicted octanol–water partition coefficient (Wildman–Crippen LogP) is 0.101. The maximum Gasteiger partial charge on any atom is 0.187 e. The normalized spacial score (nSPS) is 57.4. The van der Waals surface area contributed by atoms with Crippen LogP contribution in [0, 0.1) is 23.2 Å². The van der Waals surface area contributed by atoms with E-state index in [1.807, 2.05) is 13.0 Å². The fraction of sp³-hybridized carbons (Fsp3) is 0.889. The molecule has 14 heavy (non-hydrogen) atoms. The van der Waals surface area contributed by atoms with Crippen LogP contribution in [-0.2, 0) is 14.6 Å². The van der Waals surface area contributed by atoms with Crippen molar-refractivity contribution < 1.29 is 13.2 Å². The van der Waals surface area contributed by atoms with E-state index in [0.717, 1.165) is 0 Å². The van der Waals surface area contributed by atoms with Crippen LogP contribution >= 0.6 is 0 Å². The van der Waals surface area contributed by atoms with Crippen LogP contribution in [0.1, 0.15) is 13.3 Å². The van der Waals surface area contributed by atoms with Crippen LogP contribution in [0.2, 0.25) is 0 Å². The van der Waals surface area contributed by atoms with Gasteiger partial charge in [-0.3, -0.25) is 0 Å². The molecule has 5 unspecified atom stereocenters. The molecule has 0 spiro atoms. The number of nitriles is 1. The van der Waals surface area contributed by atoms with Gasteiger partial charge in [0.25, 0.3) is 0 Å². The Morgan fingerprint density at radius 2 is 2.29 bits per heavy atom. The van der Waals surface area contributed by atoms with E-state index in [4.69, 9.17) is 10.00 Å². The summed E-state index contributed by atoms with van der Waals surface area (Å²) >= 11 is 0. The van der Waals surface area contributed by atoms with Gasteiger partial charge in [0.15, 0.2) is 14.6 Å². The number of hydrogen-bond donors (Lipinski definition) is 0. The average Bonchev–Trinajstić information content (AvgIpc) is 2.67. The minimum absolute atomic E-state index is 0.0121. The van der Waals surface area contributed by atoms with E-state index >= 15 is 0 Å². The maximum absolute atomic E-state index is 11.9. The second-order valence-electron chi connectivity index (χ2n) is 4.60. The van der Waals surface area contributed by atoms with Gasteiger partial charge >= 0.3 is 0 Å². The molecular weight excluding hydrogens is 202 g/mol. The fourth-order valence-corrected chi connectivity index (χ4v) is 5.62. The monoisotopic (exact) mass is 213 g/mol. The number of ether oxygens (including phenoxy) is 1. The van der Waals surface area contributed by atoms with Gasteiger partial charge in [-0.25, -0.2) is 8.42 Å². The Balaban J connectivity index is 2.22.